The summed E-state index contributed by atoms with van der Waals surface area (Å²) in [6, 6.07) is 6.32. The molecule has 0 saturated heterocycles. The summed E-state index contributed by atoms with van der Waals surface area (Å²) >= 11 is 0. The second-order valence-electron chi connectivity index (χ2n) is 5.63. The molecule has 0 fully saturated rings. The number of para-hydroxylation sites is 1. The molecule has 0 aliphatic carbocycles. The Morgan fingerprint density at radius 1 is 1.43 bits per heavy atom. The standard InChI is InChI=1S/C16H22N4O/c1-10-14(11(2)20(3)19-10)9-15(18-17)13-6-4-5-12-7-8-21-16(12)13/h4-6,15,18H,7-9,17H2,1-3H3. The van der Waals surface area contributed by atoms with Crippen molar-refractivity contribution in [2.45, 2.75) is 32.7 Å². The van der Waals surface area contributed by atoms with Gasteiger partial charge in [0, 0.05) is 24.7 Å². The lowest BCUT2D eigenvalue weighted by molar-refractivity contribution is 0.348. The van der Waals surface area contributed by atoms with Crippen molar-refractivity contribution in [3.8, 4) is 5.75 Å². The Kier molecular flexibility index (Phi) is 3.69. The number of rotatable bonds is 4. The van der Waals surface area contributed by atoms with Crippen LogP contribution in [-0.2, 0) is 19.9 Å². The topological polar surface area (TPSA) is 65.1 Å². The minimum atomic E-state index is 0.0275. The zero-order chi connectivity index (χ0) is 15.0. The van der Waals surface area contributed by atoms with Gasteiger partial charge < -0.3 is 4.74 Å². The van der Waals surface area contributed by atoms with E-state index in [2.05, 4.69) is 35.6 Å². The molecule has 5 nitrogen and oxygen atoms in total. The van der Waals surface area contributed by atoms with Gasteiger partial charge in [0.2, 0.25) is 0 Å². The van der Waals surface area contributed by atoms with Crippen LogP contribution in [0.25, 0.3) is 0 Å². The number of nitrogens with one attached hydrogen (secondary N) is 1. The number of fused-ring (bicyclic) bond motifs is 1. The molecule has 0 radical (unpaired) electrons. The van der Waals surface area contributed by atoms with Gasteiger partial charge in [0.05, 0.1) is 18.3 Å². The van der Waals surface area contributed by atoms with E-state index in [1.807, 2.05) is 18.7 Å². The fourth-order valence-corrected chi connectivity index (χ4v) is 3.09. The average Bonchev–Trinajstić information content (AvgIpc) is 3.04. The molecular weight excluding hydrogens is 264 g/mol. The van der Waals surface area contributed by atoms with Gasteiger partial charge in [-0.2, -0.15) is 5.10 Å². The summed E-state index contributed by atoms with van der Waals surface area (Å²) in [5, 5.41) is 4.48. The number of ether oxygens (including phenoxy) is 1. The van der Waals surface area contributed by atoms with E-state index in [4.69, 9.17) is 10.6 Å². The molecule has 1 aliphatic heterocycles. The number of hydrogen-bond donors (Lipinski definition) is 2. The van der Waals surface area contributed by atoms with Gasteiger partial charge >= 0.3 is 0 Å². The lowest BCUT2D eigenvalue weighted by Gasteiger charge is -2.19. The van der Waals surface area contributed by atoms with Crippen LogP contribution in [0.1, 0.15) is 34.1 Å². The first-order valence-corrected chi connectivity index (χ1v) is 7.31. The zero-order valence-electron chi connectivity index (χ0n) is 12.8. The van der Waals surface area contributed by atoms with E-state index in [0.717, 1.165) is 36.5 Å². The smallest absolute Gasteiger partial charge is 0.127 e. The van der Waals surface area contributed by atoms with Crippen molar-refractivity contribution < 1.29 is 4.74 Å². The minimum Gasteiger partial charge on any atom is -0.493 e. The predicted octanol–water partition coefficient (Wildman–Crippen LogP) is 1.72. The van der Waals surface area contributed by atoms with Gasteiger partial charge in [-0.15, -0.1) is 0 Å². The van der Waals surface area contributed by atoms with Crippen LogP contribution in [0.3, 0.4) is 0 Å². The van der Waals surface area contributed by atoms with Crippen molar-refractivity contribution in [2.24, 2.45) is 12.9 Å². The third-order valence-corrected chi connectivity index (χ3v) is 4.39. The second kappa shape index (κ2) is 5.50. The first-order chi connectivity index (χ1) is 10.1. The fourth-order valence-electron chi connectivity index (χ4n) is 3.09. The van der Waals surface area contributed by atoms with Crippen LogP contribution < -0.4 is 16.0 Å². The van der Waals surface area contributed by atoms with Crippen molar-refractivity contribution >= 4 is 0 Å². The zero-order valence-corrected chi connectivity index (χ0v) is 12.8. The SMILES string of the molecule is Cc1nn(C)c(C)c1CC(NN)c1cccc2c1OCC2. The number of hydrazine groups is 1. The molecule has 3 N–H and O–H groups in total. The number of benzene rings is 1. The molecule has 1 aliphatic rings. The summed E-state index contributed by atoms with van der Waals surface area (Å²) in [5.74, 6) is 6.82. The molecule has 2 aromatic rings. The molecule has 0 bridgehead atoms. The van der Waals surface area contributed by atoms with Crippen molar-refractivity contribution in [3.05, 3.63) is 46.3 Å². The first-order valence-electron chi connectivity index (χ1n) is 7.31. The largest absolute Gasteiger partial charge is 0.493 e. The Labute approximate surface area is 125 Å². The number of nitrogens with two attached hydrogens (primary N) is 1. The lowest BCUT2D eigenvalue weighted by Crippen LogP contribution is -2.30. The molecule has 3 rings (SSSR count). The Balaban J connectivity index is 1.95. The second-order valence-corrected chi connectivity index (χ2v) is 5.63. The number of nitrogens with zero attached hydrogens (tertiary/aromatic N) is 2. The molecule has 112 valence electrons. The Bertz CT molecular complexity index is 663. The molecule has 1 unspecified atom stereocenters. The third-order valence-electron chi connectivity index (χ3n) is 4.39. The van der Waals surface area contributed by atoms with Gasteiger partial charge in [-0.1, -0.05) is 18.2 Å². The van der Waals surface area contributed by atoms with Crippen LogP contribution >= 0.6 is 0 Å². The average molecular weight is 286 g/mol. The van der Waals surface area contributed by atoms with Gasteiger partial charge in [0.1, 0.15) is 5.75 Å². The normalized spacial score (nSPS) is 14.9. The molecule has 0 spiro atoms. The highest BCUT2D eigenvalue weighted by molar-refractivity contribution is 5.46. The van der Waals surface area contributed by atoms with E-state index in [9.17, 15) is 0 Å². The van der Waals surface area contributed by atoms with Crippen LogP contribution in [-0.4, -0.2) is 16.4 Å². The van der Waals surface area contributed by atoms with Gasteiger partial charge in [-0.25, -0.2) is 0 Å². The molecule has 0 amide bonds. The van der Waals surface area contributed by atoms with Crippen LogP contribution in [0.2, 0.25) is 0 Å². The molecule has 2 heterocycles. The molecule has 1 atom stereocenters. The lowest BCUT2D eigenvalue weighted by atomic mass is 9.95. The van der Waals surface area contributed by atoms with Crippen LogP contribution in [0.15, 0.2) is 18.2 Å². The highest BCUT2D eigenvalue weighted by atomic mass is 16.5. The number of hydrogen-bond acceptors (Lipinski definition) is 4. The highest BCUT2D eigenvalue weighted by Crippen LogP contribution is 2.35. The van der Waals surface area contributed by atoms with Gasteiger partial charge in [-0.05, 0) is 31.4 Å². The van der Waals surface area contributed by atoms with Crippen LogP contribution in [0, 0.1) is 13.8 Å². The van der Waals surface area contributed by atoms with E-state index in [0.29, 0.717) is 0 Å². The van der Waals surface area contributed by atoms with Gasteiger partial charge in [0.25, 0.3) is 0 Å². The molecular formula is C16H22N4O. The first kappa shape index (κ1) is 14.1. The summed E-state index contributed by atoms with van der Waals surface area (Å²) in [7, 11) is 1.97. The molecule has 1 aromatic carbocycles. The highest BCUT2D eigenvalue weighted by Gasteiger charge is 2.23. The van der Waals surface area contributed by atoms with Crippen molar-refractivity contribution in [1.29, 1.82) is 0 Å². The summed E-state index contributed by atoms with van der Waals surface area (Å²) < 4.78 is 7.72. The van der Waals surface area contributed by atoms with E-state index < -0.39 is 0 Å². The monoisotopic (exact) mass is 286 g/mol. The summed E-state index contributed by atoms with van der Waals surface area (Å²) in [6.45, 7) is 4.89. The van der Waals surface area contributed by atoms with Gasteiger partial charge in [0.15, 0.2) is 0 Å². The van der Waals surface area contributed by atoms with Crippen molar-refractivity contribution in [2.75, 3.05) is 6.61 Å². The third kappa shape index (κ3) is 2.43. The van der Waals surface area contributed by atoms with Crippen molar-refractivity contribution in [1.82, 2.24) is 15.2 Å². The molecule has 5 heteroatoms. The molecule has 21 heavy (non-hydrogen) atoms. The van der Waals surface area contributed by atoms with E-state index >= 15 is 0 Å². The Hall–Kier alpha value is -1.85. The number of aryl methyl sites for hydroxylation is 2. The van der Waals surface area contributed by atoms with E-state index in [-0.39, 0.29) is 6.04 Å². The minimum absolute atomic E-state index is 0.0275. The summed E-state index contributed by atoms with van der Waals surface area (Å²) in [5.41, 5.74) is 8.84. The van der Waals surface area contributed by atoms with Crippen molar-refractivity contribution in [3.63, 3.8) is 0 Å². The quantitative estimate of drug-likeness (QED) is 0.663. The Morgan fingerprint density at radius 3 is 2.90 bits per heavy atom. The van der Waals surface area contributed by atoms with E-state index in [1.165, 1.54) is 16.8 Å². The molecule has 0 saturated carbocycles. The van der Waals surface area contributed by atoms with Crippen LogP contribution in [0.5, 0.6) is 5.75 Å². The maximum Gasteiger partial charge on any atom is 0.127 e. The fraction of sp³-hybridized carbons (Fsp3) is 0.438. The van der Waals surface area contributed by atoms with Gasteiger partial charge in [-0.3, -0.25) is 16.0 Å². The maximum atomic E-state index is 5.82. The maximum absolute atomic E-state index is 5.82. The number of aromatic nitrogens is 2. The summed E-state index contributed by atoms with van der Waals surface area (Å²) in [4.78, 5) is 0. The predicted molar refractivity (Wildman–Crippen MR) is 82.1 cm³/mol. The Morgan fingerprint density at radius 2 is 2.24 bits per heavy atom. The van der Waals surface area contributed by atoms with Crippen LogP contribution in [0.4, 0.5) is 0 Å². The van der Waals surface area contributed by atoms with E-state index in [1.54, 1.807) is 0 Å². The summed E-state index contributed by atoms with van der Waals surface area (Å²) in [6.07, 6.45) is 1.78. The molecule has 1 aromatic heterocycles.